The first-order chi connectivity index (χ1) is 10.7. The minimum atomic E-state index is -6.33. The fourth-order valence-corrected chi connectivity index (χ4v) is 5.95. The number of carbonyl (C=O) groups is 1. The van der Waals surface area contributed by atoms with Crippen molar-refractivity contribution in [1.29, 1.82) is 0 Å². The molecule has 0 bridgehead atoms. The Labute approximate surface area is 135 Å². The molecule has 24 heavy (non-hydrogen) atoms. The molecule has 0 fully saturated rings. The van der Waals surface area contributed by atoms with Gasteiger partial charge in [0.2, 0.25) is 0 Å². The fraction of sp³-hybridized carbons (Fsp3) is 0.364. The van der Waals surface area contributed by atoms with Gasteiger partial charge in [-0.15, -0.1) is 0 Å². The van der Waals surface area contributed by atoms with Crippen LogP contribution in [0.25, 0.3) is 0 Å². The van der Waals surface area contributed by atoms with Crippen molar-refractivity contribution < 1.29 is 50.4 Å². The van der Waals surface area contributed by atoms with Crippen LogP contribution in [0.15, 0.2) is 6.07 Å². The Bertz CT molecular complexity index is 683. The van der Waals surface area contributed by atoms with Gasteiger partial charge in [0.1, 0.15) is 0 Å². The van der Waals surface area contributed by atoms with Gasteiger partial charge in [-0.05, 0) is 0 Å². The van der Waals surface area contributed by atoms with Crippen LogP contribution in [-0.4, -0.2) is 18.3 Å². The Morgan fingerprint density at radius 1 is 1.08 bits per heavy atom. The molecule has 1 aromatic carbocycles. The van der Waals surface area contributed by atoms with Crippen LogP contribution in [-0.2, 0) is 16.5 Å². The first-order valence-electron chi connectivity index (χ1n) is 5.64. The van der Waals surface area contributed by atoms with E-state index in [-0.39, 0.29) is 6.07 Å². The van der Waals surface area contributed by atoms with Gasteiger partial charge < -0.3 is 0 Å². The van der Waals surface area contributed by atoms with E-state index in [0.717, 1.165) is 0 Å². The molecular weight excluding hydrogens is 478 g/mol. The molecule has 1 aromatic rings. The Balaban J connectivity index is 2.91. The van der Waals surface area contributed by atoms with E-state index in [1.54, 1.807) is 0 Å². The van der Waals surface area contributed by atoms with Crippen molar-refractivity contribution in [2.45, 2.75) is 24.9 Å². The first kappa shape index (κ1) is 19.1. The molecule has 1 aliphatic rings. The van der Waals surface area contributed by atoms with Gasteiger partial charge in [-0.3, -0.25) is 0 Å². The van der Waals surface area contributed by atoms with E-state index < -0.39 is 71.2 Å². The van der Waals surface area contributed by atoms with Crippen LogP contribution in [0.5, 0.6) is 0 Å². The van der Waals surface area contributed by atoms with Gasteiger partial charge in [-0.25, -0.2) is 0 Å². The van der Waals surface area contributed by atoms with Gasteiger partial charge in [-0.2, -0.15) is 0 Å². The summed E-state index contributed by atoms with van der Waals surface area (Å²) in [5.41, 5.74) is -7.73. The van der Waals surface area contributed by atoms with Crippen LogP contribution in [0.3, 0.4) is 0 Å². The second-order valence-corrected chi connectivity index (χ2v) is 7.58. The van der Waals surface area contributed by atoms with Crippen LogP contribution in [0.4, 0.5) is 39.5 Å². The SMILES string of the molecule is CC(=O)OI1OC(C(F)(F)F)(C(F)(F)F)c2c(F)c(F)cc(F)c21. The standard InChI is InChI=1S/C11H4F9IO3/c1-3(22)23-21-8-5(13)2-4(12)7(14)6(8)9(24-21,10(15,16)17)11(18,19)20/h2H,1H3. The van der Waals surface area contributed by atoms with Crippen molar-refractivity contribution in [2.75, 3.05) is 0 Å². The summed E-state index contributed by atoms with van der Waals surface area (Å²) in [6, 6.07) is -0.242. The van der Waals surface area contributed by atoms with Crippen molar-refractivity contribution in [3.63, 3.8) is 0 Å². The molecule has 0 amide bonds. The fourth-order valence-electron chi connectivity index (χ4n) is 1.90. The third kappa shape index (κ3) is 2.60. The van der Waals surface area contributed by atoms with E-state index in [0.29, 0.717) is 6.92 Å². The first-order valence-corrected chi connectivity index (χ1v) is 8.48. The number of hydrogen-bond acceptors (Lipinski definition) is 3. The maximum absolute atomic E-state index is 13.8. The summed E-state index contributed by atoms with van der Waals surface area (Å²) in [4.78, 5) is 10.9. The van der Waals surface area contributed by atoms with E-state index >= 15 is 0 Å². The molecule has 0 saturated heterocycles. The molecule has 0 atom stereocenters. The van der Waals surface area contributed by atoms with Crippen LogP contribution < -0.4 is 0 Å². The Morgan fingerprint density at radius 2 is 1.58 bits per heavy atom. The van der Waals surface area contributed by atoms with E-state index in [1.165, 1.54) is 0 Å². The van der Waals surface area contributed by atoms with Crippen LogP contribution >= 0.6 is 20.6 Å². The topological polar surface area (TPSA) is 35.5 Å². The van der Waals surface area contributed by atoms with Crippen molar-refractivity contribution >= 4 is 26.6 Å². The quantitative estimate of drug-likeness (QED) is 0.336. The number of rotatable bonds is 1. The predicted molar refractivity (Wildman–Crippen MR) is 65.7 cm³/mol. The van der Waals surface area contributed by atoms with Crippen LogP contribution in [0.2, 0.25) is 0 Å². The molecule has 0 radical (unpaired) electrons. The van der Waals surface area contributed by atoms with E-state index in [9.17, 15) is 44.3 Å². The molecule has 3 nitrogen and oxygen atoms in total. The van der Waals surface area contributed by atoms with Crippen LogP contribution in [0, 0.1) is 21.0 Å². The molecule has 13 heteroatoms. The zero-order valence-corrected chi connectivity index (χ0v) is 13.2. The average Bonchev–Trinajstić information content (AvgIpc) is 2.71. The summed E-state index contributed by atoms with van der Waals surface area (Å²) in [7, 11) is 0. The normalized spacial score (nSPS) is 18.5. The molecule has 136 valence electrons. The van der Waals surface area contributed by atoms with E-state index in [1.807, 2.05) is 0 Å². The summed E-state index contributed by atoms with van der Waals surface area (Å²) in [5, 5.41) is 0. The molecule has 0 N–H and O–H groups in total. The minimum absolute atomic E-state index is 0.242. The van der Waals surface area contributed by atoms with Crippen molar-refractivity contribution in [3.05, 3.63) is 32.7 Å². The molecule has 2 rings (SSSR count). The zero-order chi connectivity index (χ0) is 18.7. The van der Waals surface area contributed by atoms with Crippen molar-refractivity contribution in [2.24, 2.45) is 0 Å². The summed E-state index contributed by atoms with van der Waals surface area (Å²) in [5.74, 6) is -8.14. The summed E-state index contributed by atoms with van der Waals surface area (Å²) >= 11 is -4.73. The molecule has 1 aliphatic heterocycles. The molecule has 0 saturated carbocycles. The van der Waals surface area contributed by atoms with Gasteiger partial charge >= 0.3 is 135 Å². The van der Waals surface area contributed by atoms with Gasteiger partial charge in [-0.1, -0.05) is 0 Å². The summed E-state index contributed by atoms with van der Waals surface area (Å²) in [6.07, 6.45) is -12.7. The van der Waals surface area contributed by atoms with Gasteiger partial charge in [0.05, 0.1) is 0 Å². The second-order valence-electron chi connectivity index (χ2n) is 4.38. The van der Waals surface area contributed by atoms with Crippen LogP contribution in [0.1, 0.15) is 12.5 Å². The predicted octanol–water partition coefficient (Wildman–Crippen LogP) is 4.52. The maximum atomic E-state index is 13.8. The van der Waals surface area contributed by atoms with Gasteiger partial charge in [0.25, 0.3) is 0 Å². The molecule has 0 aromatic heterocycles. The Hall–Kier alpha value is -1.25. The number of fused-ring (bicyclic) bond motifs is 1. The van der Waals surface area contributed by atoms with E-state index in [4.69, 9.17) is 0 Å². The second kappa shape index (κ2) is 5.64. The Morgan fingerprint density at radius 3 is 2.00 bits per heavy atom. The van der Waals surface area contributed by atoms with Gasteiger partial charge in [0.15, 0.2) is 0 Å². The molecule has 0 spiro atoms. The summed E-state index contributed by atoms with van der Waals surface area (Å²) < 4.78 is 126. The average molecular weight is 482 g/mol. The molecular formula is C11H4F9IO3. The third-order valence-corrected chi connectivity index (χ3v) is 6.80. The number of halogens is 10. The van der Waals surface area contributed by atoms with Crippen molar-refractivity contribution in [1.82, 2.24) is 0 Å². The number of hydrogen-bond donors (Lipinski definition) is 0. The number of alkyl halides is 6. The van der Waals surface area contributed by atoms with Crippen molar-refractivity contribution in [3.8, 4) is 0 Å². The molecule has 1 heterocycles. The van der Waals surface area contributed by atoms with E-state index in [2.05, 4.69) is 6.13 Å². The monoisotopic (exact) mass is 482 g/mol. The number of benzene rings is 1. The van der Waals surface area contributed by atoms with Gasteiger partial charge in [0, 0.05) is 0 Å². The number of carbonyl (C=O) groups excluding carboxylic acids is 1. The Kier molecular flexibility index (Phi) is 4.48. The molecule has 0 unspecified atom stereocenters. The summed E-state index contributed by atoms with van der Waals surface area (Å²) in [6.45, 7) is 0.624. The third-order valence-electron chi connectivity index (χ3n) is 2.78. The molecule has 0 aliphatic carbocycles. The zero-order valence-electron chi connectivity index (χ0n) is 11.1.